The second-order valence-corrected chi connectivity index (χ2v) is 9.13. The van der Waals surface area contributed by atoms with Crippen molar-refractivity contribution in [3.8, 4) is 0 Å². The van der Waals surface area contributed by atoms with Crippen LogP contribution < -0.4 is 5.32 Å². The van der Waals surface area contributed by atoms with Crippen molar-refractivity contribution < 1.29 is 9.84 Å². The summed E-state index contributed by atoms with van der Waals surface area (Å²) in [5, 5.41) is 15.9. The molecular formula is C28H33NO2. The maximum atomic E-state index is 12.3. The Bertz CT molecular complexity index is 952. The van der Waals surface area contributed by atoms with Crippen LogP contribution in [0.3, 0.4) is 0 Å². The van der Waals surface area contributed by atoms with Crippen molar-refractivity contribution in [1.29, 1.82) is 0 Å². The zero-order valence-electron chi connectivity index (χ0n) is 19.0. The highest BCUT2D eigenvalue weighted by Gasteiger charge is 2.44. The lowest BCUT2D eigenvalue weighted by atomic mass is 9.77. The van der Waals surface area contributed by atoms with Gasteiger partial charge in [0, 0.05) is 12.6 Å². The zero-order valence-corrected chi connectivity index (χ0v) is 19.0. The Kier molecular flexibility index (Phi) is 6.29. The molecule has 1 aliphatic rings. The summed E-state index contributed by atoms with van der Waals surface area (Å²) in [5.41, 5.74) is 6.57. The largest absolute Gasteiger partial charge is 0.379 e. The van der Waals surface area contributed by atoms with Gasteiger partial charge in [0.15, 0.2) is 0 Å². The third-order valence-electron chi connectivity index (χ3n) is 6.25. The van der Waals surface area contributed by atoms with Gasteiger partial charge in [0.2, 0.25) is 0 Å². The highest BCUT2D eigenvalue weighted by atomic mass is 16.5. The summed E-state index contributed by atoms with van der Waals surface area (Å²) in [6.07, 6.45) is 0.817. The highest BCUT2D eigenvalue weighted by Crippen LogP contribution is 2.39. The molecule has 0 aliphatic carbocycles. The van der Waals surface area contributed by atoms with Gasteiger partial charge in [-0.05, 0) is 50.8 Å². The molecule has 1 aliphatic heterocycles. The minimum Gasteiger partial charge on any atom is -0.379 e. The number of benzene rings is 3. The molecule has 1 fully saturated rings. The quantitative estimate of drug-likeness (QED) is 0.588. The van der Waals surface area contributed by atoms with Crippen LogP contribution in [0.2, 0.25) is 0 Å². The van der Waals surface area contributed by atoms with Gasteiger partial charge in [0.05, 0.1) is 12.7 Å². The summed E-state index contributed by atoms with van der Waals surface area (Å²) in [4.78, 5) is 0. The lowest BCUT2D eigenvalue weighted by Gasteiger charge is -2.36. The fourth-order valence-corrected chi connectivity index (χ4v) is 4.90. The zero-order chi connectivity index (χ0) is 22.0. The summed E-state index contributed by atoms with van der Waals surface area (Å²) in [6.45, 7) is 9.68. The van der Waals surface area contributed by atoms with Crippen molar-refractivity contribution in [2.45, 2.75) is 58.5 Å². The first kappa shape index (κ1) is 21.8. The van der Waals surface area contributed by atoms with Crippen molar-refractivity contribution in [2.75, 3.05) is 6.54 Å². The van der Waals surface area contributed by atoms with Crippen LogP contribution in [0, 0.1) is 27.7 Å². The molecule has 4 rings (SSSR count). The third kappa shape index (κ3) is 4.74. The molecule has 1 saturated heterocycles. The van der Waals surface area contributed by atoms with Gasteiger partial charge in [-0.1, -0.05) is 89.0 Å². The molecule has 0 bridgehead atoms. The second-order valence-electron chi connectivity index (χ2n) is 9.13. The van der Waals surface area contributed by atoms with Crippen LogP contribution in [0.15, 0.2) is 66.7 Å². The molecule has 0 saturated carbocycles. The molecule has 31 heavy (non-hydrogen) atoms. The Morgan fingerprint density at radius 3 is 1.87 bits per heavy atom. The van der Waals surface area contributed by atoms with E-state index in [0.29, 0.717) is 6.61 Å². The Balaban J connectivity index is 1.65. The van der Waals surface area contributed by atoms with Crippen LogP contribution in [-0.4, -0.2) is 23.8 Å². The Hall–Kier alpha value is -2.46. The number of rotatable bonds is 6. The molecule has 1 heterocycles. The molecule has 3 nitrogen and oxygen atoms in total. The fraction of sp³-hybridized carbons (Fsp3) is 0.357. The lowest BCUT2D eigenvalue weighted by molar-refractivity contribution is 0.0228. The summed E-state index contributed by atoms with van der Waals surface area (Å²) < 4.78 is 6.21. The van der Waals surface area contributed by atoms with Crippen LogP contribution in [0.4, 0.5) is 0 Å². The average molecular weight is 416 g/mol. The van der Waals surface area contributed by atoms with Crippen LogP contribution >= 0.6 is 0 Å². The minimum absolute atomic E-state index is 0.0635. The molecular weight excluding hydrogens is 382 g/mol. The van der Waals surface area contributed by atoms with E-state index in [2.05, 4.69) is 81.5 Å². The first-order valence-corrected chi connectivity index (χ1v) is 11.1. The van der Waals surface area contributed by atoms with Gasteiger partial charge in [-0.15, -0.1) is 0 Å². The van der Waals surface area contributed by atoms with E-state index in [-0.39, 0.29) is 12.1 Å². The number of ether oxygens (including phenoxy) is 1. The van der Waals surface area contributed by atoms with Gasteiger partial charge in [-0.2, -0.15) is 0 Å². The molecule has 0 amide bonds. The molecule has 2 atom stereocenters. The third-order valence-corrected chi connectivity index (χ3v) is 6.25. The first-order valence-electron chi connectivity index (χ1n) is 11.1. The number of hydrogen-bond donors (Lipinski definition) is 2. The monoisotopic (exact) mass is 415 g/mol. The molecule has 0 spiro atoms. The molecule has 0 radical (unpaired) electrons. The fourth-order valence-electron chi connectivity index (χ4n) is 4.90. The summed E-state index contributed by atoms with van der Waals surface area (Å²) >= 11 is 0. The first-order chi connectivity index (χ1) is 14.8. The summed E-state index contributed by atoms with van der Waals surface area (Å²) in [6, 6.07) is 22.9. The van der Waals surface area contributed by atoms with Gasteiger partial charge in [-0.25, -0.2) is 0 Å². The van der Waals surface area contributed by atoms with Crippen LogP contribution in [0.1, 0.15) is 45.4 Å². The van der Waals surface area contributed by atoms with Gasteiger partial charge < -0.3 is 15.2 Å². The molecule has 3 heteroatoms. The Morgan fingerprint density at radius 1 is 0.839 bits per heavy atom. The van der Waals surface area contributed by atoms with Gasteiger partial charge in [0.25, 0.3) is 0 Å². The summed E-state index contributed by atoms with van der Waals surface area (Å²) in [7, 11) is 0. The average Bonchev–Trinajstić information content (AvgIpc) is 3.20. The van der Waals surface area contributed by atoms with E-state index in [1.165, 1.54) is 5.56 Å². The van der Waals surface area contributed by atoms with E-state index in [4.69, 9.17) is 4.74 Å². The number of aliphatic hydroxyl groups is 1. The maximum absolute atomic E-state index is 12.3. The van der Waals surface area contributed by atoms with Crippen molar-refractivity contribution >= 4 is 0 Å². The maximum Gasteiger partial charge on any atom is 0.130 e. The number of aryl methyl sites for hydroxylation is 4. The molecule has 0 unspecified atom stereocenters. The summed E-state index contributed by atoms with van der Waals surface area (Å²) in [5.74, 6) is 0. The van der Waals surface area contributed by atoms with E-state index < -0.39 is 5.60 Å². The Labute approximate surface area is 186 Å². The van der Waals surface area contributed by atoms with E-state index in [1.807, 2.05) is 18.2 Å². The number of hydrogen-bond acceptors (Lipinski definition) is 3. The SMILES string of the molecule is Cc1cc(C)cc(C(O)(c2cc(C)cc(C)c2)[C@H]2C[C@@H](OCc3ccccc3)CN2)c1. The second kappa shape index (κ2) is 8.96. The minimum atomic E-state index is -1.13. The van der Waals surface area contributed by atoms with E-state index >= 15 is 0 Å². The topological polar surface area (TPSA) is 41.5 Å². The van der Waals surface area contributed by atoms with E-state index in [0.717, 1.165) is 46.3 Å². The molecule has 2 N–H and O–H groups in total. The molecule has 162 valence electrons. The highest BCUT2D eigenvalue weighted by molar-refractivity contribution is 5.44. The lowest BCUT2D eigenvalue weighted by Crippen LogP contribution is -2.46. The van der Waals surface area contributed by atoms with Crippen molar-refractivity contribution in [3.05, 3.63) is 106 Å². The molecule has 0 aromatic heterocycles. The van der Waals surface area contributed by atoms with Gasteiger partial charge in [0.1, 0.15) is 5.60 Å². The van der Waals surface area contributed by atoms with Gasteiger partial charge >= 0.3 is 0 Å². The van der Waals surface area contributed by atoms with E-state index in [9.17, 15) is 5.11 Å². The Morgan fingerprint density at radius 2 is 1.35 bits per heavy atom. The standard InChI is InChI=1S/C28H33NO2/c1-19-10-20(2)13-24(12-19)28(30,25-14-21(3)11-22(4)15-25)27-16-26(17-29-27)31-18-23-8-6-5-7-9-23/h5-15,26-27,29-30H,16-18H2,1-4H3/t26-,27-/m1/s1. The van der Waals surface area contributed by atoms with Crippen LogP contribution in [-0.2, 0) is 16.9 Å². The van der Waals surface area contributed by atoms with Crippen molar-refractivity contribution in [2.24, 2.45) is 0 Å². The van der Waals surface area contributed by atoms with Crippen LogP contribution in [0.5, 0.6) is 0 Å². The van der Waals surface area contributed by atoms with Crippen molar-refractivity contribution in [1.82, 2.24) is 5.32 Å². The van der Waals surface area contributed by atoms with Crippen molar-refractivity contribution in [3.63, 3.8) is 0 Å². The molecule has 3 aromatic carbocycles. The predicted molar refractivity (Wildman–Crippen MR) is 126 cm³/mol. The normalized spacial score (nSPS) is 19.0. The van der Waals surface area contributed by atoms with Gasteiger partial charge in [-0.3, -0.25) is 0 Å². The molecule has 3 aromatic rings. The van der Waals surface area contributed by atoms with E-state index in [1.54, 1.807) is 0 Å². The predicted octanol–water partition coefficient (Wildman–Crippen LogP) is 5.10. The van der Waals surface area contributed by atoms with Crippen LogP contribution in [0.25, 0.3) is 0 Å². The number of nitrogens with one attached hydrogen (secondary N) is 1. The smallest absolute Gasteiger partial charge is 0.130 e.